The zero-order valence-electron chi connectivity index (χ0n) is 6.09. The van der Waals surface area contributed by atoms with Crippen LogP contribution in [0.2, 0.25) is 0 Å². The highest BCUT2D eigenvalue weighted by atomic mass is 16.5. The van der Waals surface area contributed by atoms with Gasteiger partial charge in [0.1, 0.15) is 0 Å². The Kier molecular flexibility index (Phi) is 2.49. The summed E-state index contributed by atoms with van der Waals surface area (Å²) in [7, 11) is 0. The van der Waals surface area contributed by atoms with E-state index in [1.165, 1.54) is 0 Å². The molecule has 54 valence electrons. The molecule has 2 atom stereocenters. The van der Waals surface area contributed by atoms with Gasteiger partial charge in [-0.05, 0) is 6.92 Å². The molecule has 2 unspecified atom stereocenters. The Morgan fingerprint density at radius 1 is 1.11 bits per heavy atom. The van der Waals surface area contributed by atoms with E-state index in [0.717, 1.165) is 19.8 Å². The second kappa shape index (κ2) is 3.18. The molecule has 0 bridgehead atoms. The highest BCUT2D eigenvalue weighted by Gasteiger charge is 2.11. The monoisotopic (exact) mass is 130 g/mol. The Balaban J connectivity index is 2.25. The molecule has 0 aromatic heterocycles. The number of rotatable bonds is 0. The van der Waals surface area contributed by atoms with E-state index >= 15 is 0 Å². The first kappa shape index (κ1) is 7.03. The summed E-state index contributed by atoms with van der Waals surface area (Å²) in [6.07, 6.45) is 0.287. The predicted molar refractivity (Wildman–Crippen MR) is 35.4 cm³/mol. The fraction of sp³-hybridized carbons (Fsp3) is 1.00. The lowest BCUT2D eigenvalue weighted by Crippen LogP contribution is -2.12. The summed E-state index contributed by atoms with van der Waals surface area (Å²) in [5.41, 5.74) is 0. The highest BCUT2D eigenvalue weighted by molar-refractivity contribution is 4.57. The molecule has 0 aromatic rings. The summed E-state index contributed by atoms with van der Waals surface area (Å²) in [5, 5.41) is 0. The fourth-order valence-corrected chi connectivity index (χ4v) is 0.860. The molecule has 2 nitrogen and oxygen atoms in total. The van der Waals surface area contributed by atoms with Crippen molar-refractivity contribution in [3.63, 3.8) is 0 Å². The van der Waals surface area contributed by atoms with Crippen LogP contribution in [0.4, 0.5) is 0 Å². The van der Waals surface area contributed by atoms with Crippen molar-refractivity contribution < 1.29 is 9.47 Å². The van der Waals surface area contributed by atoms with Crippen molar-refractivity contribution in [3.05, 3.63) is 0 Å². The molecule has 1 aliphatic rings. The Hall–Kier alpha value is -0.0800. The predicted octanol–water partition coefficient (Wildman–Crippen LogP) is 1.06. The summed E-state index contributed by atoms with van der Waals surface area (Å²) in [6, 6.07) is 0. The molecular formula is C7H14O2. The third kappa shape index (κ3) is 2.33. The molecule has 1 saturated heterocycles. The summed E-state index contributed by atoms with van der Waals surface area (Å²) in [6.45, 7) is 6.63. The topological polar surface area (TPSA) is 18.5 Å². The zero-order valence-corrected chi connectivity index (χ0v) is 6.09. The van der Waals surface area contributed by atoms with Gasteiger partial charge in [-0.25, -0.2) is 0 Å². The van der Waals surface area contributed by atoms with Crippen LogP contribution < -0.4 is 0 Å². The number of hydrogen-bond acceptors (Lipinski definition) is 2. The van der Waals surface area contributed by atoms with Crippen molar-refractivity contribution in [3.8, 4) is 0 Å². The van der Waals surface area contributed by atoms with Crippen LogP contribution in [0.1, 0.15) is 13.8 Å². The van der Waals surface area contributed by atoms with E-state index in [2.05, 4.69) is 6.92 Å². The van der Waals surface area contributed by atoms with Gasteiger partial charge in [0.05, 0.1) is 25.9 Å². The molecular weight excluding hydrogens is 116 g/mol. The van der Waals surface area contributed by atoms with E-state index < -0.39 is 0 Å². The Morgan fingerprint density at radius 3 is 2.67 bits per heavy atom. The molecule has 1 heterocycles. The third-order valence-electron chi connectivity index (χ3n) is 1.42. The van der Waals surface area contributed by atoms with Crippen LogP contribution in [0.5, 0.6) is 0 Å². The average molecular weight is 130 g/mol. The van der Waals surface area contributed by atoms with Crippen LogP contribution in [0.3, 0.4) is 0 Å². The lowest BCUT2D eigenvalue weighted by molar-refractivity contribution is 0.0370. The number of ether oxygens (including phenoxy) is 2. The minimum Gasteiger partial charge on any atom is -0.378 e. The second-order valence-electron chi connectivity index (χ2n) is 2.79. The first-order valence-corrected chi connectivity index (χ1v) is 3.48. The van der Waals surface area contributed by atoms with Crippen molar-refractivity contribution in [2.45, 2.75) is 20.0 Å². The van der Waals surface area contributed by atoms with E-state index in [1.54, 1.807) is 0 Å². The zero-order chi connectivity index (χ0) is 6.69. The van der Waals surface area contributed by atoms with Gasteiger partial charge in [-0.15, -0.1) is 0 Å². The SMILES string of the molecule is CC1COCC(C)OC1. The quantitative estimate of drug-likeness (QED) is 0.488. The molecule has 0 N–H and O–H groups in total. The van der Waals surface area contributed by atoms with E-state index in [-0.39, 0.29) is 6.10 Å². The molecule has 0 saturated carbocycles. The van der Waals surface area contributed by atoms with E-state index in [9.17, 15) is 0 Å². The van der Waals surface area contributed by atoms with Crippen molar-refractivity contribution in [1.29, 1.82) is 0 Å². The Morgan fingerprint density at radius 2 is 1.89 bits per heavy atom. The molecule has 0 amide bonds. The summed E-state index contributed by atoms with van der Waals surface area (Å²) >= 11 is 0. The molecule has 1 fully saturated rings. The van der Waals surface area contributed by atoms with Crippen molar-refractivity contribution in [2.75, 3.05) is 19.8 Å². The van der Waals surface area contributed by atoms with Crippen LogP contribution in [-0.4, -0.2) is 25.9 Å². The average Bonchev–Trinajstić information content (AvgIpc) is 1.97. The first-order chi connectivity index (χ1) is 4.29. The fourth-order valence-electron chi connectivity index (χ4n) is 0.860. The van der Waals surface area contributed by atoms with Crippen LogP contribution in [0.15, 0.2) is 0 Å². The van der Waals surface area contributed by atoms with Gasteiger partial charge in [-0.1, -0.05) is 6.92 Å². The van der Waals surface area contributed by atoms with E-state index in [0.29, 0.717) is 5.92 Å². The van der Waals surface area contributed by atoms with Gasteiger partial charge in [0.15, 0.2) is 0 Å². The van der Waals surface area contributed by atoms with Gasteiger partial charge in [0.25, 0.3) is 0 Å². The standard InChI is InChI=1S/C7H14O2/c1-6-3-8-5-7(2)9-4-6/h6-7H,3-5H2,1-2H3. The maximum Gasteiger partial charge on any atom is 0.0780 e. The minimum atomic E-state index is 0.287. The third-order valence-corrected chi connectivity index (χ3v) is 1.42. The maximum atomic E-state index is 5.39. The second-order valence-corrected chi connectivity index (χ2v) is 2.79. The molecule has 1 rings (SSSR count). The summed E-state index contributed by atoms with van der Waals surface area (Å²) in [5.74, 6) is 0.565. The van der Waals surface area contributed by atoms with Crippen LogP contribution in [0.25, 0.3) is 0 Å². The normalized spacial score (nSPS) is 38.0. The molecule has 0 aliphatic carbocycles. The Labute approximate surface area is 56.2 Å². The summed E-state index contributed by atoms with van der Waals surface area (Å²) < 4.78 is 10.7. The number of hydrogen-bond donors (Lipinski definition) is 0. The van der Waals surface area contributed by atoms with Gasteiger partial charge in [-0.3, -0.25) is 0 Å². The molecule has 9 heavy (non-hydrogen) atoms. The van der Waals surface area contributed by atoms with Gasteiger partial charge in [0, 0.05) is 5.92 Å². The smallest absolute Gasteiger partial charge is 0.0780 e. The summed E-state index contributed by atoms with van der Waals surface area (Å²) in [4.78, 5) is 0. The van der Waals surface area contributed by atoms with Gasteiger partial charge >= 0.3 is 0 Å². The lowest BCUT2D eigenvalue weighted by Gasteiger charge is -2.06. The van der Waals surface area contributed by atoms with E-state index in [4.69, 9.17) is 9.47 Å². The Bertz CT molecular complexity index is 73.0. The van der Waals surface area contributed by atoms with Gasteiger partial charge in [-0.2, -0.15) is 0 Å². The van der Waals surface area contributed by atoms with Gasteiger partial charge in [0.2, 0.25) is 0 Å². The minimum absolute atomic E-state index is 0.287. The van der Waals surface area contributed by atoms with Gasteiger partial charge < -0.3 is 9.47 Å². The maximum absolute atomic E-state index is 5.39. The first-order valence-electron chi connectivity index (χ1n) is 3.48. The lowest BCUT2D eigenvalue weighted by atomic mass is 10.2. The van der Waals surface area contributed by atoms with Crippen molar-refractivity contribution >= 4 is 0 Å². The van der Waals surface area contributed by atoms with Crippen LogP contribution >= 0.6 is 0 Å². The highest BCUT2D eigenvalue weighted by Crippen LogP contribution is 2.05. The molecule has 1 aliphatic heterocycles. The molecule has 0 aromatic carbocycles. The molecule has 2 heteroatoms. The largest absolute Gasteiger partial charge is 0.378 e. The van der Waals surface area contributed by atoms with Crippen molar-refractivity contribution in [1.82, 2.24) is 0 Å². The molecule has 0 spiro atoms. The van der Waals surface area contributed by atoms with Crippen LogP contribution in [-0.2, 0) is 9.47 Å². The van der Waals surface area contributed by atoms with Crippen molar-refractivity contribution in [2.24, 2.45) is 5.92 Å². The van der Waals surface area contributed by atoms with Crippen LogP contribution in [0, 0.1) is 5.92 Å². The molecule has 0 radical (unpaired) electrons. The van der Waals surface area contributed by atoms with E-state index in [1.807, 2.05) is 6.92 Å².